The smallest absolute Gasteiger partial charge is 0.310 e. The van der Waals surface area contributed by atoms with Crippen molar-refractivity contribution in [3.8, 4) is 0 Å². The number of rotatable bonds is 40. The molecule has 0 bridgehead atoms. The zero-order valence-electron chi connectivity index (χ0n) is 35.7. The largest absolute Gasteiger partial charge is 0.756 e. The number of ether oxygens (including phenoxy) is 2. The molecular formula is C44H84NO8P. The van der Waals surface area contributed by atoms with Crippen LogP contribution >= 0.6 is 7.82 Å². The second-order valence-corrected chi connectivity index (χ2v) is 17.3. The Labute approximate surface area is 332 Å². The summed E-state index contributed by atoms with van der Waals surface area (Å²) in [6.07, 6.45) is 40.3. The lowest BCUT2D eigenvalue weighted by molar-refractivity contribution is -0.917. The molecule has 0 aromatic carbocycles. The molecule has 1 unspecified atom stereocenters. The molecule has 0 aliphatic carbocycles. The fraction of sp³-hybridized carbons (Fsp3) is 0.864. The molecule has 9 nitrogen and oxygen atoms in total. The lowest BCUT2D eigenvalue weighted by Gasteiger charge is -2.34. The molecule has 0 amide bonds. The van der Waals surface area contributed by atoms with Gasteiger partial charge in [0, 0.05) is 19.3 Å². The molecule has 0 heterocycles. The summed E-state index contributed by atoms with van der Waals surface area (Å²) in [6.45, 7) is 4.08. The van der Waals surface area contributed by atoms with Gasteiger partial charge in [0.2, 0.25) is 0 Å². The minimum absolute atomic E-state index is 0.0827. The number of phosphoric acid groups is 1. The quantitative estimate of drug-likeness (QED) is 0.0151. The van der Waals surface area contributed by atoms with Crippen molar-refractivity contribution < 1.29 is 42.1 Å². The summed E-state index contributed by atoms with van der Waals surface area (Å²) < 4.78 is 33.4. The minimum Gasteiger partial charge on any atom is -0.756 e. The van der Waals surface area contributed by atoms with Gasteiger partial charge in [0.1, 0.15) is 6.61 Å². The van der Waals surface area contributed by atoms with E-state index >= 15 is 0 Å². The van der Waals surface area contributed by atoms with Crippen LogP contribution in [0.15, 0.2) is 24.3 Å². The van der Waals surface area contributed by atoms with Crippen LogP contribution < -0.4 is 4.89 Å². The number of nitrogens with zero attached hydrogens (tertiary/aromatic N) is 1. The molecule has 10 heteroatoms. The van der Waals surface area contributed by atoms with Crippen LogP contribution in [0.5, 0.6) is 0 Å². The normalized spacial score (nSPS) is 13.8. The molecule has 54 heavy (non-hydrogen) atoms. The van der Waals surface area contributed by atoms with Crippen LogP contribution in [-0.4, -0.2) is 63.6 Å². The van der Waals surface area contributed by atoms with E-state index in [-0.39, 0.29) is 49.1 Å². The van der Waals surface area contributed by atoms with E-state index in [0.29, 0.717) is 6.42 Å². The number of phosphoric ester groups is 1. The van der Waals surface area contributed by atoms with Crippen LogP contribution in [0.4, 0.5) is 0 Å². The molecule has 0 radical (unpaired) electrons. The maximum absolute atomic E-state index is 12.5. The lowest BCUT2D eigenvalue weighted by atomic mass is 10.1. The molecule has 0 spiro atoms. The Morgan fingerprint density at radius 3 is 1.35 bits per heavy atom. The number of unbranched alkanes of at least 4 members (excludes halogenated alkanes) is 22. The Bertz CT molecular complexity index is 980. The third kappa shape index (κ3) is 37.4. The highest BCUT2D eigenvalue weighted by Gasteiger charge is 2.30. The van der Waals surface area contributed by atoms with E-state index in [1.807, 2.05) is 21.1 Å². The van der Waals surface area contributed by atoms with E-state index in [4.69, 9.17) is 18.5 Å². The van der Waals surface area contributed by atoms with Crippen molar-refractivity contribution >= 4 is 19.8 Å². The monoisotopic (exact) mass is 786 g/mol. The Balaban J connectivity index is 3.92. The molecule has 0 aliphatic rings. The first-order valence-electron chi connectivity index (χ1n) is 22.1. The number of carbonyl (C=O) groups is 2. The topological polar surface area (TPSA) is 111 Å². The predicted molar refractivity (Wildman–Crippen MR) is 222 cm³/mol. The van der Waals surface area contributed by atoms with Gasteiger partial charge in [-0.3, -0.25) is 18.6 Å². The first-order valence-corrected chi connectivity index (χ1v) is 23.5. The molecular weight excluding hydrogens is 701 g/mol. The SMILES string of the molecule is CCCCCCCC/C=C\CCCCCCCC(=O)OCCCOP(=O)([O-])OC[C@@H](OC(=O)CCCCCCC/C=C\CCCCCCCC)[N+](C)(C)C. The molecule has 2 atom stereocenters. The van der Waals surface area contributed by atoms with Crippen molar-refractivity contribution in [3.63, 3.8) is 0 Å². The maximum Gasteiger partial charge on any atom is 0.310 e. The van der Waals surface area contributed by atoms with E-state index in [0.717, 1.165) is 57.8 Å². The Hall–Kier alpha value is -1.51. The number of hydrogen-bond acceptors (Lipinski definition) is 8. The Morgan fingerprint density at radius 2 is 0.926 bits per heavy atom. The second kappa shape index (κ2) is 37.1. The number of hydrogen-bond donors (Lipinski definition) is 0. The molecule has 0 aromatic heterocycles. The van der Waals surface area contributed by atoms with Gasteiger partial charge in [-0.15, -0.1) is 0 Å². The molecule has 0 fully saturated rings. The molecule has 0 aliphatic heterocycles. The van der Waals surface area contributed by atoms with E-state index in [2.05, 4.69) is 38.2 Å². The van der Waals surface area contributed by atoms with E-state index in [1.165, 1.54) is 109 Å². The van der Waals surface area contributed by atoms with Gasteiger partial charge in [0.15, 0.2) is 0 Å². The van der Waals surface area contributed by atoms with Crippen LogP contribution in [0.3, 0.4) is 0 Å². The van der Waals surface area contributed by atoms with E-state index in [9.17, 15) is 19.0 Å². The lowest BCUT2D eigenvalue weighted by Crippen LogP contribution is -2.50. The number of carbonyl (C=O) groups excluding carboxylic acids is 2. The average molecular weight is 786 g/mol. The van der Waals surface area contributed by atoms with Gasteiger partial charge in [-0.1, -0.05) is 141 Å². The molecule has 0 rings (SSSR count). The summed E-state index contributed by atoms with van der Waals surface area (Å²) in [4.78, 5) is 36.9. The third-order valence-electron chi connectivity index (χ3n) is 9.59. The number of esters is 2. The maximum atomic E-state index is 12.5. The Kier molecular flexibility index (Phi) is 36.1. The molecule has 0 aromatic rings. The standard InChI is InChI=1S/C44H84NO8P/c1-6-8-10-12-14-16-18-20-22-24-26-28-30-32-34-37-43(46)50-39-36-40-51-54(48,49)52-41-42(45(3,4)5)53-44(47)38-35-33-31-29-27-25-23-21-19-17-15-13-11-9-7-2/h20-23,42H,6-19,24-41H2,1-5H3/b22-20-,23-21-/t42-/m1/s1. The van der Waals surface area contributed by atoms with E-state index < -0.39 is 14.1 Å². The highest BCUT2D eigenvalue weighted by atomic mass is 31.2. The van der Waals surface area contributed by atoms with Crippen LogP contribution in [0.25, 0.3) is 0 Å². The van der Waals surface area contributed by atoms with Gasteiger partial charge in [-0.2, -0.15) is 0 Å². The van der Waals surface area contributed by atoms with Crippen LogP contribution in [0.1, 0.15) is 200 Å². The summed E-state index contributed by atoms with van der Waals surface area (Å²) in [5.74, 6) is -0.636. The molecule has 0 N–H and O–H groups in total. The fourth-order valence-corrected chi connectivity index (χ4v) is 6.73. The highest BCUT2D eigenvalue weighted by molar-refractivity contribution is 7.45. The summed E-state index contributed by atoms with van der Waals surface area (Å²) in [6, 6.07) is 0. The van der Waals surface area contributed by atoms with Crippen molar-refractivity contribution in [2.45, 2.75) is 206 Å². The predicted octanol–water partition coefficient (Wildman–Crippen LogP) is 12.1. The number of likely N-dealkylation sites (N-methyl/N-ethyl adjacent to an activating group) is 1. The van der Waals surface area contributed by atoms with Gasteiger partial charge in [0.05, 0.1) is 34.4 Å². The van der Waals surface area contributed by atoms with Gasteiger partial charge in [0.25, 0.3) is 14.1 Å². The third-order valence-corrected chi connectivity index (χ3v) is 10.6. The average Bonchev–Trinajstić information content (AvgIpc) is 3.12. The van der Waals surface area contributed by atoms with Crippen LogP contribution in [0.2, 0.25) is 0 Å². The van der Waals surface area contributed by atoms with Crippen LogP contribution in [0, 0.1) is 0 Å². The molecule has 0 saturated heterocycles. The highest BCUT2D eigenvalue weighted by Crippen LogP contribution is 2.39. The van der Waals surface area contributed by atoms with Crippen molar-refractivity contribution in [3.05, 3.63) is 24.3 Å². The summed E-state index contributed by atoms with van der Waals surface area (Å²) in [5.41, 5.74) is 0. The minimum atomic E-state index is -4.62. The van der Waals surface area contributed by atoms with Gasteiger partial charge >= 0.3 is 11.9 Å². The molecule has 318 valence electrons. The Morgan fingerprint density at radius 1 is 0.537 bits per heavy atom. The fourth-order valence-electron chi connectivity index (χ4n) is 5.99. The first kappa shape index (κ1) is 52.5. The van der Waals surface area contributed by atoms with Crippen molar-refractivity contribution in [1.29, 1.82) is 0 Å². The zero-order valence-corrected chi connectivity index (χ0v) is 36.6. The summed E-state index contributed by atoms with van der Waals surface area (Å²) >= 11 is 0. The van der Waals surface area contributed by atoms with Crippen molar-refractivity contribution in [2.24, 2.45) is 0 Å². The van der Waals surface area contributed by atoms with Crippen LogP contribution in [-0.2, 0) is 32.7 Å². The summed E-state index contributed by atoms with van der Waals surface area (Å²) in [5, 5.41) is 0. The molecule has 0 saturated carbocycles. The van der Waals surface area contributed by atoms with Gasteiger partial charge < -0.3 is 23.4 Å². The van der Waals surface area contributed by atoms with Gasteiger partial charge in [-0.05, 0) is 64.2 Å². The van der Waals surface area contributed by atoms with Gasteiger partial charge in [-0.25, -0.2) is 0 Å². The zero-order chi connectivity index (χ0) is 40.0. The second-order valence-electron chi connectivity index (χ2n) is 15.9. The number of quaternary nitrogens is 1. The number of allylic oxidation sites excluding steroid dienone is 4. The van der Waals surface area contributed by atoms with Crippen molar-refractivity contribution in [2.75, 3.05) is 41.0 Å². The summed E-state index contributed by atoms with van der Waals surface area (Å²) in [7, 11) is 0.808. The first-order chi connectivity index (χ1) is 26.0. The van der Waals surface area contributed by atoms with Crippen molar-refractivity contribution in [1.82, 2.24) is 0 Å². The van der Waals surface area contributed by atoms with E-state index in [1.54, 1.807) is 0 Å².